The van der Waals surface area contributed by atoms with Crippen LogP contribution >= 0.6 is 22.7 Å². The highest BCUT2D eigenvalue weighted by Crippen LogP contribution is 2.38. The molecule has 0 fully saturated rings. The van der Waals surface area contributed by atoms with Crippen LogP contribution in [0.15, 0.2) is 47.2 Å². The van der Waals surface area contributed by atoms with E-state index in [0.717, 1.165) is 46.6 Å². The highest BCUT2D eigenvalue weighted by molar-refractivity contribution is 7.14. The molecule has 5 rings (SSSR count). The van der Waals surface area contributed by atoms with Gasteiger partial charge in [-0.15, -0.1) is 22.7 Å². The van der Waals surface area contributed by atoms with Crippen LogP contribution < -0.4 is 0 Å². The Hall–Kier alpha value is -2.90. The highest BCUT2D eigenvalue weighted by Gasteiger charge is 2.40. The largest absolute Gasteiger partial charge is 0.281 e. The topological polar surface area (TPSA) is 63.2 Å². The average molecular weight is 476 g/mol. The molecule has 4 aromatic rings. The molecule has 0 spiro atoms. The van der Waals surface area contributed by atoms with Crippen LogP contribution in [-0.2, 0) is 0 Å². The van der Waals surface area contributed by atoms with Gasteiger partial charge in [-0.05, 0) is 35.2 Å². The van der Waals surface area contributed by atoms with Crippen LogP contribution in [0.4, 0.5) is 0 Å². The molecule has 0 radical (unpaired) electrons. The number of carbonyl (C=O) groups excluding carboxylic acids is 2. The van der Waals surface area contributed by atoms with Crippen LogP contribution in [0.2, 0.25) is 0 Å². The van der Waals surface area contributed by atoms with Gasteiger partial charge in [0.2, 0.25) is 0 Å². The van der Waals surface area contributed by atoms with Gasteiger partial charge < -0.3 is 0 Å². The van der Waals surface area contributed by atoms with E-state index in [0.29, 0.717) is 23.5 Å². The summed E-state index contributed by atoms with van der Waals surface area (Å²) in [4.78, 5) is 39.7. The molecule has 0 saturated carbocycles. The molecule has 1 unspecified atom stereocenters. The van der Waals surface area contributed by atoms with Gasteiger partial charge in [0.25, 0.3) is 11.8 Å². The number of thiophene rings is 2. The number of hydrogen-bond donors (Lipinski definition) is 0. The summed E-state index contributed by atoms with van der Waals surface area (Å²) in [5.41, 5.74) is 3.57. The zero-order valence-corrected chi connectivity index (χ0v) is 20.3. The van der Waals surface area contributed by atoms with Crippen molar-refractivity contribution >= 4 is 45.5 Å². The molecular weight excluding hydrogens is 450 g/mol. The first kappa shape index (κ1) is 21.9. The number of fused-ring (bicyclic) bond motifs is 2. The van der Waals surface area contributed by atoms with Gasteiger partial charge in [-0.2, -0.15) is 0 Å². The Bertz CT molecular complexity index is 1220. The van der Waals surface area contributed by atoms with Crippen LogP contribution in [0.1, 0.15) is 60.5 Å². The molecule has 1 atom stereocenters. The fourth-order valence-corrected chi connectivity index (χ4v) is 5.89. The highest BCUT2D eigenvalue weighted by atomic mass is 32.1. The van der Waals surface area contributed by atoms with Gasteiger partial charge in [0.1, 0.15) is 0 Å². The molecule has 0 bridgehead atoms. The standard InChI is InChI=1S/C26H25N3O2S2/c1-3-5-8-16(4-2)15-29-25(30)23-24(26(29)31)28-22-18(20-10-7-14-33-20)12-11-17(21(22)27-23)19-9-6-13-32-19/h6-7,9-14,16H,3-5,8,15H2,1-2H3. The van der Waals surface area contributed by atoms with Crippen LogP contribution in [-0.4, -0.2) is 33.2 Å². The van der Waals surface area contributed by atoms with Gasteiger partial charge in [0.05, 0.1) is 11.0 Å². The van der Waals surface area contributed by atoms with Gasteiger partial charge in [0.15, 0.2) is 11.4 Å². The number of rotatable bonds is 8. The number of amides is 2. The minimum absolute atomic E-state index is 0.180. The van der Waals surface area contributed by atoms with Gasteiger partial charge in [-0.1, -0.05) is 57.4 Å². The zero-order valence-electron chi connectivity index (χ0n) is 18.7. The maximum atomic E-state index is 13.3. The molecule has 0 N–H and O–H groups in total. The second-order valence-electron chi connectivity index (χ2n) is 8.37. The molecule has 5 nitrogen and oxygen atoms in total. The van der Waals surface area contributed by atoms with E-state index in [1.165, 1.54) is 4.90 Å². The molecule has 1 aliphatic rings. The first-order valence-electron chi connectivity index (χ1n) is 11.4. The average Bonchev–Trinajstić information content (AvgIpc) is 3.59. The third kappa shape index (κ3) is 3.89. The molecule has 1 aromatic carbocycles. The van der Waals surface area contributed by atoms with E-state index in [1.807, 2.05) is 47.2 Å². The van der Waals surface area contributed by atoms with Crippen molar-refractivity contribution in [2.24, 2.45) is 5.92 Å². The van der Waals surface area contributed by atoms with E-state index < -0.39 is 0 Å². The molecule has 3 aromatic heterocycles. The summed E-state index contributed by atoms with van der Waals surface area (Å²) in [5.74, 6) is -0.346. The quantitative estimate of drug-likeness (QED) is 0.260. The first-order chi connectivity index (χ1) is 16.1. The summed E-state index contributed by atoms with van der Waals surface area (Å²) in [5, 5.41) is 4.04. The monoisotopic (exact) mass is 475 g/mol. The smallest absolute Gasteiger partial charge is 0.271 e. The van der Waals surface area contributed by atoms with Gasteiger partial charge >= 0.3 is 0 Å². The molecule has 33 heavy (non-hydrogen) atoms. The van der Waals surface area contributed by atoms with E-state index in [9.17, 15) is 9.59 Å². The lowest BCUT2D eigenvalue weighted by Crippen LogP contribution is -2.34. The summed E-state index contributed by atoms with van der Waals surface area (Å²) >= 11 is 3.24. The Morgan fingerprint density at radius 3 is 1.82 bits per heavy atom. The summed E-state index contributed by atoms with van der Waals surface area (Å²) in [6.45, 7) is 4.70. The molecule has 4 heterocycles. The predicted molar refractivity (Wildman–Crippen MR) is 135 cm³/mol. The minimum atomic E-state index is -0.321. The molecule has 0 saturated heterocycles. The first-order valence-corrected chi connectivity index (χ1v) is 13.2. The lowest BCUT2D eigenvalue weighted by Gasteiger charge is -2.20. The number of unbranched alkanes of at least 4 members (excludes halogenated alkanes) is 1. The summed E-state index contributed by atoms with van der Waals surface area (Å²) < 4.78 is 0. The zero-order chi connectivity index (χ0) is 22.9. The maximum absolute atomic E-state index is 13.3. The van der Waals surface area contributed by atoms with E-state index in [2.05, 4.69) is 13.8 Å². The van der Waals surface area contributed by atoms with E-state index in [1.54, 1.807) is 22.7 Å². The van der Waals surface area contributed by atoms with Crippen molar-refractivity contribution in [2.45, 2.75) is 39.5 Å². The molecule has 2 amide bonds. The van der Waals surface area contributed by atoms with Crippen LogP contribution in [0.3, 0.4) is 0 Å². The Morgan fingerprint density at radius 1 is 0.848 bits per heavy atom. The number of aromatic nitrogens is 2. The van der Waals surface area contributed by atoms with Gasteiger partial charge in [-0.25, -0.2) is 9.97 Å². The van der Waals surface area contributed by atoms with Crippen LogP contribution in [0, 0.1) is 5.92 Å². The normalized spacial score (nSPS) is 14.3. The number of imide groups is 1. The third-order valence-corrected chi connectivity index (χ3v) is 8.08. The Morgan fingerprint density at radius 2 is 1.39 bits per heavy atom. The van der Waals surface area contributed by atoms with E-state index >= 15 is 0 Å². The van der Waals surface area contributed by atoms with Crippen molar-refractivity contribution in [3.63, 3.8) is 0 Å². The lowest BCUT2D eigenvalue weighted by atomic mass is 9.99. The summed E-state index contributed by atoms with van der Waals surface area (Å²) in [7, 11) is 0. The Kier molecular flexibility index (Phi) is 6.08. The van der Waals surface area contributed by atoms with E-state index in [4.69, 9.17) is 9.97 Å². The second kappa shape index (κ2) is 9.15. The number of carbonyl (C=O) groups is 2. The molecule has 7 heteroatoms. The lowest BCUT2D eigenvalue weighted by molar-refractivity contribution is 0.0620. The van der Waals surface area contributed by atoms with Crippen molar-refractivity contribution in [1.29, 1.82) is 0 Å². The number of benzene rings is 1. The second-order valence-corrected chi connectivity index (χ2v) is 10.3. The minimum Gasteiger partial charge on any atom is -0.271 e. The van der Waals surface area contributed by atoms with Gasteiger partial charge in [0, 0.05) is 27.4 Å². The van der Waals surface area contributed by atoms with E-state index in [-0.39, 0.29) is 23.2 Å². The fraction of sp³-hybridized carbons (Fsp3) is 0.308. The van der Waals surface area contributed by atoms with Crippen molar-refractivity contribution in [3.05, 3.63) is 58.5 Å². The van der Waals surface area contributed by atoms with Crippen molar-refractivity contribution in [1.82, 2.24) is 14.9 Å². The number of nitrogens with zero attached hydrogens (tertiary/aromatic N) is 3. The van der Waals surface area contributed by atoms with Crippen LogP contribution in [0.25, 0.3) is 31.9 Å². The molecular formula is C26H25N3O2S2. The van der Waals surface area contributed by atoms with Crippen molar-refractivity contribution < 1.29 is 9.59 Å². The summed E-state index contributed by atoms with van der Waals surface area (Å²) in [6.07, 6.45) is 4.14. The summed E-state index contributed by atoms with van der Waals surface area (Å²) in [6, 6.07) is 12.2. The Labute approximate surface area is 201 Å². The SMILES string of the molecule is CCCCC(CC)CN1C(=O)c2nc3c(-c4cccs4)ccc(-c4cccs4)c3nc2C1=O. The van der Waals surface area contributed by atoms with Gasteiger partial charge in [-0.3, -0.25) is 14.5 Å². The fourth-order valence-electron chi connectivity index (χ4n) is 4.38. The van der Waals surface area contributed by atoms with Crippen LogP contribution in [0.5, 0.6) is 0 Å². The maximum Gasteiger partial charge on any atom is 0.281 e. The molecule has 1 aliphatic heterocycles. The number of hydrogen-bond acceptors (Lipinski definition) is 6. The third-order valence-electron chi connectivity index (χ3n) is 6.28. The molecule has 0 aliphatic carbocycles. The molecule has 168 valence electrons. The predicted octanol–water partition coefficient (Wildman–Crippen LogP) is 6.90. The Balaban J connectivity index is 1.63. The van der Waals surface area contributed by atoms with Crippen molar-refractivity contribution in [3.8, 4) is 20.9 Å². The van der Waals surface area contributed by atoms with Crippen molar-refractivity contribution in [2.75, 3.05) is 6.54 Å².